The van der Waals surface area contributed by atoms with Gasteiger partial charge in [-0.3, -0.25) is 9.69 Å². The van der Waals surface area contributed by atoms with Crippen molar-refractivity contribution in [2.24, 2.45) is 5.92 Å². The van der Waals surface area contributed by atoms with E-state index in [9.17, 15) is 18.0 Å². The van der Waals surface area contributed by atoms with E-state index >= 15 is 0 Å². The largest absolute Gasteiger partial charge is 0.490 e. The van der Waals surface area contributed by atoms with E-state index in [4.69, 9.17) is 15.0 Å². The molecule has 1 heterocycles. The van der Waals surface area contributed by atoms with Crippen LogP contribution < -0.4 is 0 Å². The maximum absolute atomic E-state index is 11.1. The van der Waals surface area contributed by atoms with Crippen LogP contribution in [0.2, 0.25) is 0 Å². The molecule has 1 aromatic heterocycles. The van der Waals surface area contributed by atoms with Gasteiger partial charge in [-0.25, -0.2) is 9.78 Å². The van der Waals surface area contributed by atoms with Gasteiger partial charge in [-0.05, 0) is 19.4 Å². The van der Waals surface area contributed by atoms with Crippen LogP contribution >= 0.6 is 11.3 Å². The molecule has 0 aliphatic rings. The van der Waals surface area contributed by atoms with Gasteiger partial charge in [-0.2, -0.15) is 13.2 Å². The van der Waals surface area contributed by atoms with E-state index < -0.39 is 24.2 Å². The van der Waals surface area contributed by atoms with Crippen molar-refractivity contribution in [1.82, 2.24) is 9.88 Å². The van der Waals surface area contributed by atoms with Crippen molar-refractivity contribution in [1.29, 1.82) is 0 Å². The number of alkyl halides is 3. The van der Waals surface area contributed by atoms with Crippen LogP contribution in [0.4, 0.5) is 13.2 Å². The van der Waals surface area contributed by atoms with Gasteiger partial charge in [-0.15, -0.1) is 11.3 Å². The number of aliphatic carboxylic acids is 2. The monoisotopic (exact) mass is 356 g/mol. The number of halogens is 3. The number of nitrogens with zero attached hydrogens (tertiary/aromatic N) is 2. The van der Waals surface area contributed by atoms with Gasteiger partial charge >= 0.3 is 18.1 Å². The van der Waals surface area contributed by atoms with Crippen LogP contribution in [0.25, 0.3) is 0 Å². The number of likely N-dealkylation sites (N-methyl/N-ethyl adjacent to an activating group) is 1. The molecule has 6 nitrogen and oxygen atoms in total. The van der Waals surface area contributed by atoms with Crippen molar-refractivity contribution in [2.45, 2.75) is 39.0 Å². The molecule has 0 saturated heterocycles. The molecule has 0 saturated carbocycles. The van der Waals surface area contributed by atoms with E-state index in [-0.39, 0.29) is 0 Å². The molecule has 0 aromatic carbocycles. The zero-order chi connectivity index (χ0) is 18.2. The predicted octanol–water partition coefficient (Wildman–Crippen LogP) is 2.71. The summed E-state index contributed by atoms with van der Waals surface area (Å²) in [5.41, 5.74) is 2.70. The SMILES string of the molecule is CC(C)CC(C(=O)O)N(C)Cc1cscn1.O=C(O)C(F)(F)F. The van der Waals surface area contributed by atoms with Gasteiger partial charge in [0.1, 0.15) is 6.04 Å². The fourth-order valence-corrected chi connectivity index (χ4v) is 2.15. The Kier molecular flexibility index (Phi) is 8.77. The lowest BCUT2D eigenvalue weighted by Crippen LogP contribution is -2.39. The molecule has 0 amide bonds. The highest BCUT2D eigenvalue weighted by Crippen LogP contribution is 2.14. The third-order valence-electron chi connectivity index (χ3n) is 2.65. The lowest BCUT2D eigenvalue weighted by atomic mass is 10.0. The number of carbonyl (C=O) groups is 2. The molecule has 0 spiro atoms. The second-order valence-electron chi connectivity index (χ2n) is 5.18. The van der Waals surface area contributed by atoms with Gasteiger partial charge in [0.2, 0.25) is 0 Å². The van der Waals surface area contributed by atoms with E-state index in [1.165, 1.54) is 11.3 Å². The Labute approximate surface area is 135 Å². The minimum Gasteiger partial charge on any atom is -0.480 e. The quantitative estimate of drug-likeness (QED) is 0.814. The number of thiazole rings is 1. The first-order valence-electron chi connectivity index (χ1n) is 6.55. The second-order valence-corrected chi connectivity index (χ2v) is 5.90. The number of hydrogen-bond acceptors (Lipinski definition) is 5. The maximum atomic E-state index is 11.1. The minimum atomic E-state index is -5.08. The zero-order valence-electron chi connectivity index (χ0n) is 12.9. The molecule has 1 rings (SSSR count). The van der Waals surface area contributed by atoms with Crippen molar-refractivity contribution < 1.29 is 33.0 Å². The van der Waals surface area contributed by atoms with Gasteiger partial charge in [0.05, 0.1) is 11.2 Å². The molecule has 10 heteroatoms. The smallest absolute Gasteiger partial charge is 0.480 e. The number of aromatic nitrogens is 1. The topological polar surface area (TPSA) is 90.7 Å². The van der Waals surface area contributed by atoms with Crippen molar-refractivity contribution in [3.8, 4) is 0 Å². The summed E-state index contributed by atoms with van der Waals surface area (Å²) in [6.07, 6.45) is -4.42. The highest BCUT2D eigenvalue weighted by molar-refractivity contribution is 7.07. The molecular weight excluding hydrogens is 337 g/mol. The molecule has 132 valence electrons. The standard InChI is InChI=1S/C11H18N2O2S.C2HF3O2/c1-8(2)4-10(11(14)15)13(3)5-9-6-16-7-12-9;3-2(4,5)1(6)7/h6-8,10H,4-5H2,1-3H3,(H,14,15);(H,6,7). The van der Waals surface area contributed by atoms with Crippen molar-refractivity contribution in [3.63, 3.8) is 0 Å². The van der Waals surface area contributed by atoms with Crippen molar-refractivity contribution in [3.05, 3.63) is 16.6 Å². The summed E-state index contributed by atoms with van der Waals surface area (Å²) < 4.78 is 31.7. The molecule has 1 unspecified atom stereocenters. The van der Waals surface area contributed by atoms with Gasteiger partial charge in [0.25, 0.3) is 0 Å². The first-order valence-corrected chi connectivity index (χ1v) is 7.49. The summed E-state index contributed by atoms with van der Waals surface area (Å²) in [6.45, 7) is 4.66. The Hall–Kier alpha value is -1.68. The second kappa shape index (κ2) is 9.46. The lowest BCUT2D eigenvalue weighted by molar-refractivity contribution is -0.192. The van der Waals surface area contributed by atoms with Crippen LogP contribution in [-0.2, 0) is 16.1 Å². The highest BCUT2D eigenvalue weighted by Gasteiger charge is 2.38. The number of rotatable bonds is 6. The summed E-state index contributed by atoms with van der Waals surface area (Å²) in [7, 11) is 1.83. The molecule has 0 aliphatic carbocycles. The summed E-state index contributed by atoms with van der Waals surface area (Å²) in [5.74, 6) is -3.14. The van der Waals surface area contributed by atoms with Crippen LogP contribution in [0.5, 0.6) is 0 Å². The van der Waals surface area contributed by atoms with Crippen LogP contribution in [-0.4, -0.2) is 51.3 Å². The maximum Gasteiger partial charge on any atom is 0.490 e. The Balaban J connectivity index is 0.000000585. The third kappa shape index (κ3) is 9.14. The molecule has 1 aromatic rings. The van der Waals surface area contributed by atoms with Crippen LogP contribution in [0.1, 0.15) is 26.0 Å². The minimum absolute atomic E-state index is 0.374. The van der Waals surface area contributed by atoms with E-state index in [1.54, 1.807) is 5.51 Å². The molecule has 0 radical (unpaired) electrons. The van der Waals surface area contributed by atoms with Crippen molar-refractivity contribution in [2.75, 3.05) is 7.05 Å². The van der Waals surface area contributed by atoms with E-state index in [0.29, 0.717) is 18.9 Å². The van der Waals surface area contributed by atoms with Gasteiger partial charge in [0, 0.05) is 11.9 Å². The zero-order valence-corrected chi connectivity index (χ0v) is 13.7. The molecule has 0 bridgehead atoms. The molecule has 23 heavy (non-hydrogen) atoms. The Morgan fingerprint density at radius 3 is 2.17 bits per heavy atom. The summed E-state index contributed by atoms with van der Waals surface area (Å²) >= 11 is 1.53. The highest BCUT2D eigenvalue weighted by atomic mass is 32.1. The van der Waals surface area contributed by atoms with Gasteiger partial charge in [-0.1, -0.05) is 13.8 Å². The summed E-state index contributed by atoms with van der Waals surface area (Å²) in [5, 5.41) is 18.2. The van der Waals surface area contributed by atoms with Gasteiger partial charge in [0.15, 0.2) is 0 Å². The van der Waals surface area contributed by atoms with Crippen LogP contribution in [0.15, 0.2) is 10.9 Å². The first-order chi connectivity index (χ1) is 10.4. The van der Waals surface area contributed by atoms with E-state index in [0.717, 1.165) is 5.69 Å². The fourth-order valence-electron chi connectivity index (χ4n) is 1.60. The predicted molar refractivity (Wildman–Crippen MR) is 78.2 cm³/mol. The average Bonchev–Trinajstić information content (AvgIpc) is 2.87. The molecule has 1 atom stereocenters. The Bertz CT molecular complexity index is 492. The molecule has 0 aliphatic heterocycles. The Morgan fingerprint density at radius 1 is 1.35 bits per heavy atom. The molecule has 2 N–H and O–H groups in total. The Morgan fingerprint density at radius 2 is 1.87 bits per heavy atom. The fraction of sp³-hybridized carbons (Fsp3) is 0.615. The van der Waals surface area contributed by atoms with Gasteiger partial charge < -0.3 is 10.2 Å². The summed E-state index contributed by atoms with van der Waals surface area (Å²) in [6, 6.07) is -0.429. The van der Waals surface area contributed by atoms with E-state index in [1.807, 2.05) is 31.2 Å². The average molecular weight is 356 g/mol. The summed E-state index contributed by atoms with van der Waals surface area (Å²) in [4.78, 5) is 26.0. The molecular formula is C13H19F3N2O4S. The van der Waals surface area contributed by atoms with Crippen molar-refractivity contribution >= 4 is 23.3 Å². The number of carboxylic acids is 2. The van der Waals surface area contributed by atoms with Crippen LogP contribution in [0, 0.1) is 5.92 Å². The number of hydrogen-bond donors (Lipinski definition) is 2. The number of carboxylic acid groups (broad SMARTS) is 2. The first kappa shape index (κ1) is 21.3. The third-order valence-corrected chi connectivity index (χ3v) is 3.28. The lowest BCUT2D eigenvalue weighted by Gasteiger charge is -2.25. The normalized spacial score (nSPS) is 12.7. The van der Waals surface area contributed by atoms with E-state index in [2.05, 4.69) is 4.98 Å². The molecule has 0 fully saturated rings. The van der Waals surface area contributed by atoms with Crippen LogP contribution in [0.3, 0.4) is 0 Å².